The summed E-state index contributed by atoms with van der Waals surface area (Å²) >= 11 is 0. The van der Waals surface area contributed by atoms with Gasteiger partial charge in [-0.2, -0.15) is 0 Å². The lowest BCUT2D eigenvalue weighted by molar-refractivity contribution is -0.142. The van der Waals surface area contributed by atoms with Gasteiger partial charge < -0.3 is 38.0 Å². The molecular weight excluding hydrogens is 410 g/mol. The number of aromatic hydroxyl groups is 1. The molecule has 1 rings (SSSR count). The van der Waals surface area contributed by atoms with E-state index in [1.165, 1.54) is 12.1 Å². The molecule has 0 saturated carbocycles. The van der Waals surface area contributed by atoms with E-state index in [-0.39, 0.29) is 37.9 Å². The fourth-order valence-electron chi connectivity index (χ4n) is 2.63. The van der Waals surface area contributed by atoms with E-state index in [1.807, 2.05) is 0 Å². The average molecular weight is 437 g/mol. The van der Waals surface area contributed by atoms with E-state index in [9.17, 15) is 34.2 Å². The predicted molar refractivity (Wildman–Crippen MR) is 108 cm³/mol. The lowest BCUT2D eigenvalue weighted by atomic mass is 10.0. The smallest absolute Gasteiger partial charge is 0.326 e. The Kier molecular flexibility index (Phi) is 9.92. The Balaban J connectivity index is 2.82. The Labute approximate surface area is 178 Å². The van der Waals surface area contributed by atoms with E-state index in [0.717, 1.165) is 0 Å². The normalized spacial score (nSPS) is 13.5. The van der Waals surface area contributed by atoms with E-state index in [1.54, 1.807) is 12.1 Å². The van der Waals surface area contributed by atoms with Crippen LogP contribution in [0.15, 0.2) is 24.3 Å². The molecule has 0 aliphatic rings. The van der Waals surface area contributed by atoms with Gasteiger partial charge in [0.2, 0.25) is 23.6 Å². The van der Waals surface area contributed by atoms with Crippen molar-refractivity contribution in [2.75, 3.05) is 0 Å². The molecule has 0 heterocycles. The van der Waals surface area contributed by atoms with Gasteiger partial charge in [0, 0.05) is 12.8 Å². The highest BCUT2D eigenvalue weighted by Crippen LogP contribution is 2.11. The van der Waals surface area contributed by atoms with Crippen LogP contribution in [0.3, 0.4) is 0 Å². The van der Waals surface area contributed by atoms with Crippen molar-refractivity contribution in [3.63, 3.8) is 0 Å². The summed E-state index contributed by atoms with van der Waals surface area (Å²) in [6, 6.07) is 2.27. The van der Waals surface area contributed by atoms with Crippen LogP contribution in [0, 0.1) is 0 Å². The number of hydrogen-bond donors (Lipinski definition) is 7. The molecule has 0 radical (unpaired) electrons. The number of rotatable bonds is 13. The van der Waals surface area contributed by atoms with Crippen molar-refractivity contribution in [3.05, 3.63) is 29.8 Å². The van der Waals surface area contributed by atoms with Gasteiger partial charge in [0.15, 0.2) is 0 Å². The minimum atomic E-state index is -1.42. The van der Waals surface area contributed by atoms with Crippen LogP contribution in [0.5, 0.6) is 5.75 Å². The van der Waals surface area contributed by atoms with E-state index in [0.29, 0.717) is 5.56 Å². The Morgan fingerprint density at radius 1 is 0.839 bits per heavy atom. The predicted octanol–water partition coefficient (Wildman–Crippen LogP) is -2.15. The zero-order chi connectivity index (χ0) is 23.6. The van der Waals surface area contributed by atoms with Crippen LogP contribution in [0.25, 0.3) is 0 Å². The molecule has 10 N–H and O–H groups in total. The molecule has 0 unspecified atom stereocenters. The van der Waals surface area contributed by atoms with Crippen molar-refractivity contribution in [3.8, 4) is 5.75 Å². The first-order chi connectivity index (χ1) is 14.5. The fourth-order valence-corrected chi connectivity index (χ4v) is 2.63. The van der Waals surface area contributed by atoms with Crippen molar-refractivity contribution in [2.45, 2.75) is 50.2 Å². The van der Waals surface area contributed by atoms with Gasteiger partial charge in [-0.1, -0.05) is 12.1 Å². The molecule has 12 nitrogen and oxygen atoms in total. The number of aliphatic carboxylic acids is 1. The molecule has 31 heavy (non-hydrogen) atoms. The summed E-state index contributed by atoms with van der Waals surface area (Å²) in [6.07, 6.45) is -0.835. The third-order valence-corrected chi connectivity index (χ3v) is 4.34. The molecule has 0 aliphatic carbocycles. The van der Waals surface area contributed by atoms with Crippen molar-refractivity contribution in [2.24, 2.45) is 17.2 Å². The first-order valence-electron chi connectivity index (χ1n) is 9.43. The molecule has 1 aromatic rings. The maximum absolute atomic E-state index is 12.5. The average Bonchev–Trinajstić information content (AvgIpc) is 2.68. The summed E-state index contributed by atoms with van der Waals surface area (Å²) in [5, 5.41) is 23.1. The lowest BCUT2D eigenvalue weighted by Crippen LogP contribution is -2.55. The number of carbonyl (C=O) groups is 5. The van der Waals surface area contributed by atoms with Gasteiger partial charge >= 0.3 is 5.97 Å². The fraction of sp³-hybridized carbons (Fsp3) is 0.421. The summed E-state index contributed by atoms with van der Waals surface area (Å²) in [4.78, 5) is 58.3. The SMILES string of the molecule is NC(=O)CC[C@H](NC(=O)[C@H](CCC(N)=O)NC(=O)[C@@H](N)Cc1ccc(O)cc1)C(=O)O. The summed E-state index contributed by atoms with van der Waals surface area (Å²) in [6.45, 7) is 0. The second-order valence-electron chi connectivity index (χ2n) is 6.95. The highest BCUT2D eigenvalue weighted by atomic mass is 16.4. The molecule has 0 aromatic heterocycles. The van der Waals surface area contributed by atoms with Crippen LogP contribution < -0.4 is 27.8 Å². The Morgan fingerprint density at radius 3 is 1.81 bits per heavy atom. The van der Waals surface area contributed by atoms with Crippen LogP contribution in [-0.2, 0) is 30.4 Å². The Morgan fingerprint density at radius 2 is 1.32 bits per heavy atom. The second-order valence-corrected chi connectivity index (χ2v) is 6.95. The second kappa shape index (κ2) is 12.1. The number of phenolic OH excluding ortho intramolecular Hbond substituents is 1. The third-order valence-electron chi connectivity index (χ3n) is 4.34. The monoisotopic (exact) mass is 437 g/mol. The molecule has 170 valence electrons. The van der Waals surface area contributed by atoms with Crippen LogP contribution in [0.4, 0.5) is 0 Å². The van der Waals surface area contributed by atoms with Gasteiger partial charge in [0.25, 0.3) is 0 Å². The number of nitrogens with one attached hydrogen (secondary N) is 2. The highest BCUT2D eigenvalue weighted by molar-refractivity contribution is 5.92. The van der Waals surface area contributed by atoms with E-state index in [4.69, 9.17) is 17.2 Å². The van der Waals surface area contributed by atoms with Gasteiger partial charge in [-0.05, 0) is 37.0 Å². The third kappa shape index (κ3) is 9.58. The standard InChI is InChI=1S/C19H27N5O7/c20-12(9-10-1-3-11(25)4-2-10)17(28)23-13(5-7-15(21)26)18(29)24-14(19(30)31)6-8-16(22)27/h1-4,12-14,25H,5-9,20H2,(H2,21,26)(H2,22,27)(H,23,28)(H,24,29)(H,30,31)/t12-,13-,14-/m0/s1. The van der Waals surface area contributed by atoms with Gasteiger partial charge in [0.1, 0.15) is 17.8 Å². The number of carbonyl (C=O) groups excluding carboxylic acids is 4. The molecule has 0 spiro atoms. The molecule has 12 heteroatoms. The van der Waals surface area contributed by atoms with Crippen LogP contribution >= 0.6 is 0 Å². The van der Waals surface area contributed by atoms with E-state index >= 15 is 0 Å². The first-order valence-corrected chi connectivity index (χ1v) is 9.43. The molecule has 1 aromatic carbocycles. The zero-order valence-corrected chi connectivity index (χ0v) is 16.7. The number of phenols is 1. The number of carboxylic acids is 1. The molecular formula is C19H27N5O7. The van der Waals surface area contributed by atoms with E-state index in [2.05, 4.69) is 10.6 Å². The number of nitrogens with two attached hydrogens (primary N) is 3. The minimum Gasteiger partial charge on any atom is -0.508 e. The maximum atomic E-state index is 12.5. The van der Waals surface area contributed by atoms with Gasteiger partial charge in [0.05, 0.1) is 6.04 Å². The van der Waals surface area contributed by atoms with Crippen molar-refractivity contribution >= 4 is 29.6 Å². The number of amides is 4. The summed E-state index contributed by atoms with van der Waals surface area (Å²) in [7, 11) is 0. The Bertz CT molecular complexity index is 812. The Hall–Kier alpha value is -3.67. The van der Waals surface area contributed by atoms with E-state index < -0.39 is 47.7 Å². The van der Waals surface area contributed by atoms with Crippen molar-refractivity contribution < 1.29 is 34.2 Å². The molecule has 0 aliphatic heterocycles. The summed E-state index contributed by atoms with van der Waals surface area (Å²) in [5.41, 5.74) is 16.6. The zero-order valence-electron chi connectivity index (χ0n) is 16.7. The lowest BCUT2D eigenvalue weighted by Gasteiger charge is -2.22. The van der Waals surface area contributed by atoms with Crippen LogP contribution in [0.1, 0.15) is 31.2 Å². The van der Waals surface area contributed by atoms with Crippen LogP contribution in [-0.4, -0.2) is 57.9 Å². The van der Waals surface area contributed by atoms with Gasteiger partial charge in [-0.25, -0.2) is 4.79 Å². The largest absolute Gasteiger partial charge is 0.508 e. The number of hydrogen-bond acceptors (Lipinski definition) is 7. The summed E-state index contributed by atoms with van der Waals surface area (Å²) in [5.74, 6) is -4.37. The highest BCUT2D eigenvalue weighted by Gasteiger charge is 2.28. The van der Waals surface area contributed by atoms with Gasteiger partial charge in [-0.3, -0.25) is 19.2 Å². The van der Waals surface area contributed by atoms with Crippen molar-refractivity contribution in [1.82, 2.24) is 10.6 Å². The quantitative estimate of drug-likeness (QED) is 0.179. The van der Waals surface area contributed by atoms with Crippen molar-refractivity contribution in [1.29, 1.82) is 0 Å². The first kappa shape index (κ1) is 25.4. The minimum absolute atomic E-state index is 0.0503. The molecule has 0 saturated heterocycles. The summed E-state index contributed by atoms with van der Waals surface area (Å²) < 4.78 is 0. The number of primary amides is 2. The molecule has 0 fully saturated rings. The number of carboxylic acid groups (broad SMARTS) is 1. The molecule has 0 bridgehead atoms. The molecule has 3 atom stereocenters. The maximum Gasteiger partial charge on any atom is 0.326 e. The number of benzene rings is 1. The van der Waals surface area contributed by atoms with Crippen LogP contribution in [0.2, 0.25) is 0 Å². The van der Waals surface area contributed by atoms with Gasteiger partial charge in [-0.15, -0.1) is 0 Å². The molecule has 4 amide bonds. The topological polar surface area (TPSA) is 228 Å².